The maximum absolute atomic E-state index is 12.7. The normalized spacial score (nSPS) is 16.6. The number of rotatable bonds is 7. The zero-order valence-electron chi connectivity index (χ0n) is 16.2. The standard InChI is InChI=1S/C20H26N2O4S2/c1-15-6-11-19(27-15)18(26-2)14-21-20(23)16-7-9-17(10-8-16)28(24,25)22-12-4-3-5-13-22/h6-11,18H,3-5,12-14H2,1-2H3,(H,21,23). The van der Waals surface area contributed by atoms with E-state index < -0.39 is 10.0 Å². The summed E-state index contributed by atoms with van der Waals surface area (Å²) in [7, 11) is -1.87. The first kappa shape index (κ1) is 21.0. The molecule has 1 fully saturated rings. The summed E-state index contributed by atoms with van der Waals surface area (Å²) in [6, 6.07) is 10.2. The van der Waals surface area contributed by atoms with Gasteiger partial charge in [-0.25, -0.2) is 8.42 Å². The van der Waals surface area contributed by atoms with E-state index in [2.05, 4.69) is 5.32 Å². The molecule has 0 radical (unpaired) electrons. The van der Waals surface area contributed by atoms with Gasteiger partial charge in [-0.2, -0.15) is 4.31 Å². The molecule has 0 aliphatic carbocycles. The van der Waals surface area contributed by atoms with E-state index in [0.29, 0.717) is 25.2 Å². The Balaban J connectivity index is 1.63. The fourth-order valence-corrected chi connectivity index (χ4v) is 5.72. The van der Waals surface area contributed by atoms with Crippen molar-refractivity contribution in [1.82, 2.24) is 9.62 Å². The average Bonchev–Trinajstić information content (AvgIpc) is 3.15. The van der Waals surface area contributed by atoms with E-state index in [-0.39, 0.29) is 16.9 Å². The van der Waals surface area contributed by atoms with E-state index in [9.17, 15) is 13.2 Å². The van der Waals surface area contributed by atoms with Crippen LogP contribution in [0.5, 0.6) is 0 Å². The van der Waals surface area contributed by atoms with Crippen LogP contribution in [0.15, 0.2) is 41.3 Å². The average molecular weight is 423 g/mol. The molecule has 1 N–H and O–H groups in total. The van der Waals surface area contributed by atoms with Gasteiger partial charge < -0.3 is 10.1 Å². The summed E-state index contributed by atoms with van der Waals surface area (Å²) in [6.07, 6.45) is 2.65. The van der Waals surface area contributed by atoms with Gasteiger partial charge in [0.25, 0.3) is 5.91 Å². The number of piperidine rings is 1. The number of thiophene rings is 1. The number of nitrogens with one attached hydrogen (secondary N) is 1. The molecule has 1 aliphatic rings. The van der Waals surface area contributed by atoms with Gasteiger partial charge in [0.2, 0.25) is 10.0 Å². The Labute approximate surface area is 170 Å². The van der Waals surface area contributed by atoms with E-state index >= 15 is 0 Å². The van der Waals surface area contributed by atoms with Gasteiger partial charge in [0.1, 0.15) is 6.10 Å². The van der Waals surface area contributed by atoms with Gasteiger partial charge in [0.15, 0.2) is 0 Å². The van der Waals surface area contributed by atoms with Gasteiger partial charge in [-0.05, 0) is 56.2 Å². The van der Waals surface area contributed by atoms with Gasteiger partial charge >= 0.3 is 0 Å². The van der Waals surface area contributed by atoms with Gasteiger partial charge in [0, 0.05) is 42.1 Å². The largest absolute Gasteiger partial charge is 0.374 e. The molecule has 2 aromatic rings. The quantitative estimate of drug-likeness (QED) is 0.742. The fourth-order valence-electron chi connectivity index (χ4n) is 3.25. The number of hydrogen-bond acceptors (Lipinski definition) is 5. The van der Waals surface area contributed by atoms with Crippen molar-refractivity contribution in [2.45, 2.75) is 37.2 Å². The Hall–Kier alpha value is -1.74. The zero-order chi connectivity index (χ0) is 20.1. The molecule has 1 amide bonds. The van der Waals surface area contributed by atoms with Crippen LogP contribution in [0, 0.1) is 6.92 Å². The molecule has 8 heteroatoms. The first-order valence-electron chi connectivity index (χ1n) is 9.39. The third kappa shape index (κ3) is 4.81. The molecule has 0 saturated carbocycles. The van der Waals surface area contributed by atoms with Crippen molar-refractivity contribution in [3.8, 4) is 0 Å². The van der Waals surface area contributed by atoms with Crippen molar-refractivity contribution < 1.29 is 17.9 Å². The SMILES string of the molecule is COC(CNC(=O)c1ccc(S(=O)(=O)N2CCCCC2)cc1)c1ccc(C)s1. The van der Waals surface area contributed by atoms with Crippen molar-refractivity contribution in [3.63, 3.8) is 0 Å². The van der Waals surface area contributed by atoms with Crippen molar-refractivity contribution in [2.75, 3.05) is 26.7 Å². The number of nitrogens with zero attached hydrogens (tertiary/aromatic N) is 1. The van der Waals surface area contributed by atoms with Crippen LogP contribution in [0.2, 0.25) is 0 Å². The molecule has 152 valence electrons. The van der Waals surface area contributed by atoms with Crippen LogP contribution < -0.4 is 5.32 Å². The van der Waals surface area contributed by atoms with Crippen molar-refractivity contribution in [3.05, 3.63) is 51.7 Å². The highest BCUT2D eigenvalue weighted by molar-refractivity contribution is 7.89. The minimum atomic E-state index is -3.48. The molecular formula is C20H26N2O4S2. The van der Waals surface area contributed by atoms with E-state index in [4.69, 9.17) is 4.74 Å². The van der Waals surface area contributed by atoms with Crippen LogP contribution in [-0.4, -0.2) is 45.4 Å². The second-order valence-corrected chi connectivity index (χ2v) is 10.1. The molecule has 1 unspecified atom stereocenters. The van der Waals surface area contributed by atoms with Crippen LogP contribution >= 0.6 is 11.3 Å². The Morgan fingerprint density at radius 2 is 1.82 bits per heavy atom. The maximum Gasteiger partial charge on any atom is 0.251 e. The molecule has 0 spiro atoms. The minimum absolute atomic E-state index is 0.207. The van der Waals surface area contributed by atoms with Crippen LogP contribution in [0.1, 0.15) is 45.5 Å². The van der Waals surface area contributed by atoms with E-state index in [0.717, 1.165) is 24.1 Å². The van der Waals surface area contributed by atoms with Gasteiger partial charge in [-0.1, -0.05) is 6.42 Å². The summed E-state index contributed by atoms with van der Waals surface area (Å²) in [4.78, 5) is 14.9. The fraction of sp³-hybridized carbons (Fsp3) is 0.450. The Morgan fingerprint density at radius 1 is 1.14 bits per heavy atom. The molecule has 0 bridgehead atoms. The first-order chi connectivity index (χ1) is 13.4. The number of carbonyl (C=O) groups is 1. The lowest BCUT2D eigenvalue weighted by Gasteiger charge is -2.25. The molecule has 3 rings (SSSR count). The van der Waals surface area contributed by atoms with Crippen LogP contribution in [0.4, 0.5) is 0 Å². The lowest BCUT2D eigenvalue weighted by Crippen LogP contribution is -2.35. The number of hydrogen-bond donors (Lipinski definition) is 1. The molecule has 6 nitrogen and oxygen atoms in total. The highest BCUT2D eigenvalue weighted by atomic mass is 32.2. The predicted molar refractivity (Wildman–Crippen MR) is 110 cm³/mol. The molecule has 1 aliphatic heterocycles. The molecule has 1 saturated heterocycles. The molecule has 28 heavy (non-hydrogen) atoms. The number of sulfonamides is 1. The summed E-state index contributed by atoms with van der Waals surface area (Å²) in [5.41, 5.74) is 0.426. The Kier molecular flexibility index (Phi) is 6.87. The van der Waals surface area contributed by atoms with Crippen LogP contribution in [-0.2, 0) is 14.8 Å². The van der Waals surface area contributed by atoms with Crippen molar-refractivity contribution in [2.24, 2.45) is 0 Å². The van der Waals surface area contributed by atoms with Gasteiger partial charge in [0.05, 0.1) is 4.90 Å². The second-order valence-electron chi connectivity index (χ2n) is 6.87. The smallest absolute Gasteiger partial charge is 0.251 e. The second kappa shape index (κ2) is 9.17. The minimum Gasteiger partial charge on any atom is -0.374 e. The molecule has 2 heterocycles. The number of amides is 1. The number of methoxy groups -OCH3 is 1. The third-order valence-corrected chi connectivity index (χ3v) is 7.89. The Morgan fingerprint density at radius 3 is 2.39 bits per heavy atom. The van der Waals surface area contributed by atoms with Gasteiger partial charge in [-0.3, -0.25) is 4.79 Å². The Bertz CT molecular complexity index is 901. The molecular weight excluding hydrogens is 396 g/mol. The number of aryl methyl sites for hydroxylation is 1. The summed E-state index contributed by atoms with van der Waals surface area (Å²) in [5, 5.41) is 2.86. The lowest BCUT2D eigenvalue weighted by molar-refractivity contribution is 0.0837. The number of ether oxygens (including phenoxy) is 1. The monoisotopic (exact) mass is 422 g/mol. The summed E-state index contributed by atoms with van der Waals surface area (Å²) >= 11 is 1.64. The summed E-state index contributed by atoms with van der Waals surface area (Å²) in [6.45, 7) is 3.50. The van der Waals surface area contributed by atoms with Crippen LogP contribution in [0.3, 0.4) is 0 Å². The third-order valence-electron chi connectivity index (χ3n) is 4.88. The van der Waals surface area contributed by atoms with Crippen LogP contribution in [0.25, 0.3) is 0 Å². The van der Waals surface area contributed by atoms with E-state index in [1.807, 2.05) is 19.1 Å². The topological polar surface area (TPSA) is 75.7 Å². The first-order valence-corrected chi connectivity index (χ1v) is 11.6. The van der Waals surface area contributed by atoms with Crippen molar-refractivity contribution >= 4 is 27.3 Å². The summed E-state index contributed by atoms with van der Waals surface area (Å²) < 4.78 is 32.4. The van der Waals surface area contributed by atoms with Gasteiger partial charge in [-0.15, -0.1) is 11.3 Å². The van der Waals surface area contributed by atoms with Crippen molar-refractivity contribution in [1.29, 1.82) is 0 Å². The molecule has 1 aromatic heterocycles. The highest BCUT2D eigenvalue weighted by Gasteiger charge is 2.26. The predicted octanol–water partition coefficient (Wildman–Crippen LogP) is 3.35. The van der Waals surface area contributed by atoms with E-state index in [1.165, 1.54) is 21.3 Å². The zero-order valence-corrected chi connectivity index (χ0v) is 17.8. The lowest BCUT2D eigenvalue weighted by atomic mass is 10.2. The molecule has 1 atom stereocenters. The highest BCUT2D eigenvalue weighted by Crippen LogP contribution is 2.25. The van der Waals surface area contributed by atoms with E-state index in [1.54, 1.807) is 30.6 Å². The molecule has 1 aromatic carbocycles. The summed E-state index contributed by atoms with van der Waals surface area (Å²) in [5.74, 6) is -0.253. The number of carbonyl (C=O) groups excluding carboxylic acids is 1. The number of benzene rings is 1. The maximum atomic E-state index is 12.7.